The fraction of sp³-hybridized carbons (Fsp3) is 0.650. The van der Waals surface area contributed by atoms with Gasteiger partial charge < -0.3 is 4.74 Å². The summed E-state index contributed by atoms with van der Waals surface area (Å²) < 4.78 is 5.15. The van der Waals surface area contributed by atoms with Crippen molar-refractivity contribution in [1.29, 1.82) is 0 Å². The molecule has 0 amide bonds. The maximum Gasteiger partial charge on any atom is 0.219 e. The van der Waals surface area contributed by atoms with E-state index in [4.69, 9.17) is 4.74 Å². The summed E-state index contributed by atoms with van der Waals surface area (Å²) in [6.07, 6.45) is 13.3. The number of methoxy groups -OCH3 is 1. The average molecular weight is 337 g/mol. The smallest absolute Gasteiger partial charge is 0.219 e. The Morgan fingerprint density at radius 2 is 1.57 bits per heavy atom. The number of hydrogen-bond donors (Lipinski definition) is 0. The van der Waals surface area contributed by atoms with Crippen LogP contribution < -0.4 is 4.74 Å². The van der Waals surface area contributed by atoms with Gasteiger partial charge in [0.2, 0.25) is 5.12 Å². The number of rotatable bonds is 13. The molecular weight excluding hydrogens is 304 g/mol. The summed E-state index contributed by atoms with van der Waals surface area (Å²) in [5.74, 6) is 1.67. The Morgan fingerprint density at radius 1 is 0.957 bits per heavy atom. The maximum atomic E-state index is 12.1. The lowest BCUT2D eigenvalue weighted by molar-refractivity contribution is 0.108. The summed E-state index contributed by atoms with van der Waals surface area (Å²) in [4.78, 5) is 12.1. The zero-order valence-corrected chi connectivity index (χ0v) is 15.6. The first-order valence-corrected chi connectivity index (χ1v) is 10.1. The van der Waals surface area contributed by atoms with Crippen LogP contribution in [0.2, 0.25) is 0 Å². The molecule has 0 unspecified atom stereocenters. The lowest BCUT2D eigenvalue weighted by Gasteiger charge is -2.04. The third-order valence-corrected chi connectivity index (χ3v) is 5.03. The summed E-state index contributed by atoms with van der Waals surface area (Å²) in [7, 11) is 1.63. The standard InChI is InChI=1S/C20H32O2S/c1-3-4-5-6-7-8-9-10-11-12-16-23-20(21)18-14-13-15-19(17-18)22-2/h13-15,17H,3-12,16H2,1-2H3. The van der Waals surface area contributed by atoms with Crippen molar-refractivity contribution in [2.45, 2.75) is 71.1 Å². The molecule has 23 heavy (non-hydrogen) atoms. The van der Waals surface area contributed by atoms with E-state index in [0.717, 1.165) is 23.5 Å². The van der Waals surface area contributed by atoms with Gasteiger partial charge in [-0.15, -0.1) is 0 Å². The fourth-order valence-electron chi connectivity index (χ4n) is 2.59. The molecule has 0 aliphatic rings. The molecule has 0 radical (unpaired) electrons. The first kappa shape index (κ1) is 20.1. The van der Waals surface area contributed by atoms with Crippen LogP contribution in [0.5, 0.6) is 5.75 Å². The Hall–Kier alpha value is -0.960. The van der Waals surface area contributed by atoms with Crippen molar-refractivity contribution in [3.63, 3.8) is 0 Å². The van der Waals surface area contributed by atoms with Crippen LogP contribution in [0.1, 0.15) is 81.5 Å². The van der Waals surface area contributed by atoms with Crippen molar-refractivity contribution in [1.82, 2.24) is 0 Å². The lowest BCUT2D eigenvalue weighted by Crippen LogP contribution is -1.96. The van der Waals surface area contributed by atoms with Crippen molar-refractivity contribution in [3.8, 4) is 5.75 Å². The minimum absolute atomic E-state index is 0.153. The van der Waals surface area contributed by atoms with E-state index in [1.165, 1.54) is 69.5 Å². The molecule has 0 spiro atoms. The van der Waals surface area contributed by atoms with E-state index in [2.05, 4.69) is 6.92 Å². The van der Waals surface area contributed by atoms with Gasteiger partial charge in [-0.25, -0.2) is 0 Å². The molecule has 130 valence electrons. The van der Waals surface area contributed by atoms with Crippen LogP contribution in [0.25, 0.3) is 0 Å². The number of carbonyl (C=O) groups excluding carboxylic acids is 1. The molecule has 0 aromatic heterocycles. The van der Waals surface area contributed by atoms with Gasteiger partial charge in [0.05, 0.1) is 7.11 Å². The predicted octanol–water partition coefficient (Wildman–Crippen LogP) is 6.49. The number of benzene rings is 1. The summed E-state index contributed by atoms with van der Waals surface area (Å²) in [5.41, 5.74) is 0.737. The van der Waals surface area contributed by atoms with Gasteiger partial charge in [-0.1, -0.05) is 88.6 Å². The van der Waals surface area contributed by atoms with Gasteiger partial charge in [-0.3, -0.25) is 4.79 Å². The first-order valence-electron chi connectivity index (χ1n) is 9.09. The Morgan fingerprint density at radius 3 is 2.17 bits per heavy atom. The number of thioether (sulfide) groups is 1. The van der Waals surface area contributed by atoms with Gasteiger partial charge in [0.15, 0.2) is 0 Å². The van der Waals surface area contributed by atoms with E-state index >= 15 is 0 Å². The largest absolute Gasteiger partial charge is 0.497 e. The SMILES string of the molecule is CCCCCCCCCCCCSC(=O)c1cccc(OC)c1. The molecule has 1 rings (SSSR count). The van der Waals surface area contributed by atoms with E-state index in [0.29, 0.717) is 0 Å². The third-order valence-electron chi connectivity index (χ3n) is 4.04. The average Bonchev–Trinajstić information content (AvgIpc) is 2.59. The van der Waals surface area contributed by atoms with Crippen molar-refractivity contribution in [2.24, 2.45) is 0 Å². The Kier molecular flexibility index (Phi) is 11.8. The molecule has 0 bridgehead atoms. The Balaban J connectivity index is 1.99. The fourth-order valence-corrected chi connectivity index (χ4v) is 3.42. The number of ether oxygens (including phenoxy) is 1. The minimum atomic E-state index is 0.153. The molecule has 0 N–H and O–H groups in total. The predicted molar refractivity (Wildman–Crippen MR) is 102 cm³/mol. The van der Waals surface area contributed by atoms with Crippen LogP contribution in [0.4, 0.5) is 0 Å². The third kappa shape index (κ3) is 9.70. The van der Waals surface area contributed by atoms with Gasteiger partial charge in [0.25, 0.3) is 0 Å². The molecule has 0 atom stereocenters. The minimum Gasteiger partial charge on any atom is -0.497 e. The molecule has 1 aromatic rings. The number of hydrogen-bond acceptors (Lipinski definition) is 3. The van der Waals surface area contributed by atoms with Crippen LogP contribution in [-0.2, 0) is 0 Å². The summed E-state index contributed by atoms with van der Waals surface area (Å²) in [6.45, 7) is 2.26. The van der Waals surface area contributed by atoms with Gasteiger partial charge in [-0.2, -0.15) is 0 Å². The Labute approximate surface area is 146 Å². The topological polar surface area (TPSA) is 26.3 Å². The van der Waals surface area contributed by atoms with Crippen molar-refractivity contribution < 1.29 is 9.53 Å². The molecule has 1 aromatic carbocycles. The van der Waals surface area contributed by atoms with Crippen molar-refractivity contribution in [3.05, 3.63) is 29.8 Å². The highest BCUT2D eigenvalue weighted by molar-refractivity contribution is 8.14. The van der Waals surface area contributed by atoms with Gasteiger partial charge in [0.1, 0.15) is 5.75 Å². The second-order valence-corrected chi connectivity index (χ2v) is 7.12. The van der Waals surface area contributed by atoms with Gasteiger partial charge >= 0.3 is 0 Å². The van der Waals surface area contributed by atoms with E-state index in [-0.39, 0.29) is 5.12 Å². The lowest BCUT2D eigenvalue weighted by atomic mass is 10.1. The molecule has 0 fully saturated rings. The van der Waals surface area contributed by atoms with Crippen LogP contribution in [0.3, 0.4) is 0 Å². The summed E-state index contributed by atoms with van der Waals surface area (Å²) in [6, 6.07) is 7.40. The van der Waals surface area contributed by atoms with Crippen LogP contribution >= 0.6 is 11.8 Å². The number of carbonyl (C=O) groups is 1. The molecule has 2 nitrogen and oxygen atoms in total. The maximum absolute atomic E-state index is 12.1. The zero-order chi connectivity index (χ0) is 16.8. The second kappa shape index (κ2) is 13.5. The molecule has 0 saturated carbocycles. The monoisotopic (exact) mass is 336 g/mol. The van der Waals surface area contributed by atoms with Crippen molar-refractivity contribution in [2.75, 3.05) is 12.9 Å². The van der Waals surface area contributed by atoms with E-state index in [1.54, 1.807) is 7.11 Å². The van der Waals surface area contributed by atoms with E-state index < -0.39 is 0 Å². The van der Waals surface area contributed by atoms with E-state index in [1.807, 2.05) is 24.3 Å². The quantitative estimate of drug-likeness (QED) is 0.385. The molecule has 0 saturated heterocycles. The van der Waals surface area contributed by atoms with Crippen molar-refractivity contribution >= 4 is 16.9 Å². The van der Waals surface area contributed by atoms with Crippen LogP contribution in [0.15, 0.2) is 24.3 Å². The molecule has 0 heterocycles. The normalized spacial score (nSPS) is 10.7. The highest BCUT2D eigenvalue weighted by Gasteiger charge is 2.07. The second-order valence-electron chi connectivity index (χ2n) is 6.05. The summed E-state index contributed by atoms with van der Waals surface area (Å²) >= 11 is 1.43. The van der Waals surface area contributed by atoms with Crippen LogP contribution in [-0.4, -0.2) is 18.0 Å². The zero-order valence-electron chi connectivity index (χ0n) is 14.8. The highest BCUT2D eigenvalue weighted by atomic mass is 32.2. The molecular formula is C20H32O2S. The van der Waals surface area contributed by atoms with Gasteiger partial charge in [0, 0.05) is 11.3 Å². The molecule has 0 aliphatic heterocycles. The molecule has 3 heteroatoms. The first-order chi connectivity index (χ1) is 11.3. The van der Waals surface area contributed by atoms with E-state index in [9.17, 15) is 4.79 Å². The number of unbranched alkanes of at least 4 members (excludes halogenated alkanes) is 9. The highest BCUT2D eigenvalue weighted by Crippen LogP contribution is 2.19. The molecule has 0 aliphatic carbocycles. The Bertz CT molecular complexity index is 431. The van der Waals surface area contributed by atoms with Gasteiger partial charge in [-0.05, 0) is 18.6 Å². The summed E-state index contributed by atoms with van der Waals surface area (Å²) in [5, 5.41) is 0.153. The van der Waals surface area contributed by atoms with Crippen LogP contribution in [0, 0.1) is 0 Å².